The highest BCUT2D eigenvalue weighted by Gasteiger charge is 2.22. The van der Waals surface area contributed by atoms with Crippen molar-refractivity contribution in [3.8, 4) is 44.5 Å². The number of rotatable bonds is 0. The van der Waals surface area contributed by atoms with Gasteiger partial charge in [-0.15, -0.1) is 0 Å². The molecule has 160 valence electrons. The normalized spacial score (nSPS) is 11.8. The fourth-order valence-corrected chi connectivity index (χ4v) is 6.36. The third kappa shape index (κ3) is 2.89. The van der Waals surface area contributed by atoms with E-state index < -0.39 is 0 Å². The van der Waals surface area contributed by atoms with Gasteiger partial charge in [0.05, 0.1) is 0 Å². The highest BCUT2D eigenvalue weighted by molar-refractivity contribution is 9.11. The second-order valence-corrected chi connectivity index (χ2v) is 10.5. The topological polar surface area (TPSA) is 0 Å². The first-order valence-electron chi connectivity index (χ1n) is 11.3. The van der Waals surface area contributed by atoms with Crippen molar-refractivity contribution >= 4 is 53.4 Å². The van der Waals surface area contributed by atoms with E-state index in [-0.39, 0.29) is 0 Å². The van der Waals surface area contributed by atoms with Gasteiger partial charge in [0.1, 0.15) is 0 Å². The van der Waals surface area contributed by atoms with Crippen molar-refractivity contribution in [2.45, 2.75) is 0 Å². The summed E-state index contributed by atoms with van der Waals surface area (Å²) >= 11 is 7.21. The minimum absolute atomic E-state index is 1.13. The van der Waals surface area contributed by atoms with Gasteiger partial charge < -0.3 is 0 Å². The molecule has 0 saturated carbocycles. The Balaban J connectivity index is 0.000000118. The monoisotopic (exact) mass is 560 g/mol. The van der Waals surface area contributed by atoms with Crippen molar-refractivity contribution in [1.29, 1.82) is 0 Å². The van der Waals surface area contributed by atoms with E-state index >= 15 is 0 Å². The molecule has 0 radical (unpaired) electrons. The second kappa shape index (κ2) is 7.66. The van der Waals surface area contributed by atoms with Crippen LogP contribution in [0.4, 0.5) is 0 Å². The van der Waals surface area contributed by atoms with Crippen LogP contribution in [0.5, 0.6) is 0 Å². The smallest absolute Gasteiger partial charge is 0.0254 e. The lowest BCUT2D eigenvalue weighted by molar-refractivity contribution is 1.65. The summed E-state index contributed by atoms with van der Waals surface area (Å²) in [7, 11) is 0. The van der Waals surface area contributed by atoms with Crippen LogP contribution in [-0.4, -0.2) is 0 Å². The van der Waals surface area contributed by atoms with Crippen molar-refractivity contribution in [2.24, 2.45) is 0 Å². The van der Waals surface area contributed by atoms with Gasteiger partial charge in [0, 0.05) is 8.95 Å². The van der Waals surface area contributed by atoms with E-state index in [0.29, 0.717) is 0 Å². The van der Waals surface area contributed by atoms with E-state index in [1.807, 2.05) is 0 Å². The summed E-state index contributed by atoms with van der Waals surface area (Å²) < 4.78 is 2.29. The van der Waals surface area contributed by atoms with Crippen molar-refractivity contribution in [3.63, 3.8) is 0 Å². The summed E-state index contributed by atoms with van der Waals surface area (Å²) in [6, 6.07) is 39.1. The minimum Gasteiger partial charge on any atom is -0.0616 e. The molecule has 0 aromatic heterocycles. The number of hydrogen-bond acceptors (Lipinski definition) is 0. The molecule has 0 unspecified atom stereocenters. The Labute approximate surface area is 215 Å². The van der Waals surface area contributed by atoms with Gasteiger partial charge in [0.2, 0.25) is 0 Å². The van der Waals surface area contributed by atoms with Gasteiger partial charge in [-0.1, -0.05) is 123 Å². The standard InChI is InChI=1S/C16H8Br2.C16H10/c17-9-4-5-10-12-6-7-15(18)13-3-1-2-11(16(12)13)14(10)8-9;1-2-8-13-12(7-1)14-9-3-5-11-6-4-10-15(13)16(11)14/h1-8H;1-10H. The summed E-state index contributed by atoms with van der Waals surface area (Å²) in [5, 5.41) is 5.40. The lowest BCUT2D eigenvalue weighted by Crippen LogP contribution is -1.76. The molecule has 2 aliphatic rings. The largest absolute Gasteiger partial charge is 0.0616 e. The van der Waals surface area contributed by atoms with E-state index in [2.05, 4.69) is 141 Å². The zero-order valence-corrected chi connectivity index (χ0v) is 21.3. The number of halogens is 2. The molecule has 8 rings (SSSR count). The van der Waals surface area contributed by atoms with Crippen LogP contribution >= 0.6 is 31.9 Å². The average molecular weight is 562 g/mol. The molecular formula is C32H18Br2. The molecule has 0 nitrogen and oxygen atoms in total. The van der Waals surface area contributed by atoms with Crippen molar-refractivity contribution < 1.29 is 0 Å². The van der Waals surface area contributed by atoms with Crippen LogP contribution in [0, 0.1) is 0 Å². The number of hydrogen-bond donors (Lipinski definition) is 0. The molecule has 0 atom stereocenters. The number of fused-ring (bicyclic) bond motifs is 6. The van der Waals surface area contributed by atoms with Crippen molar-refractivity contribution in [1.82, 2.24) is 0 Å². The fraction of sp³-hybridized carbons (Fsp3) is 0. The zero-order chi connectivity index (χ0) is 22.8. The summed E-state index contributed by atoms with van der Waals surface area (Å²) in [4.78, 5) is 0. The fourth-order valence-electron chi connectivity index (χ4n) is 5.54. The molecule has 0 bridgehead atoms. The molecular weight excluding hydrogens is 544 g/mol. The molecule has 2 aliphatic carbocycles. The Morgan fingerprint density at radius 1 is 0.382 bits per heavy atom. The Morgan fingerprint density at radius 2 is 0.912 bits per heavy atom. The van der Waals surface area contributed by atoms with Crippen LogP contribution < -0.4 is 0 Å². The summed E-state index contributed by atoms with van der Waals surface area (Å²) in [5.74, 6) is 0. The highest BCUT2D eigenvalue weighted by Crippen LogP contribution is 2.49. The van der Waals surface area contributed by atoms with E-state index in [4.69, 9.17) is 0 Å². The van der Waals surface area contributed by atoms with Gasteiger partial charge in [0.15, 0.2) is 0 Å². The highest BCUT2D eigenvalue weighted by atomic mass is 79.9. The van der Waals surface area contributed by atoms with Gasteiger partial charge in [-0.05, 0) is 84.3 Å². The van der Waals surface area contributed by atoms with Gasteiger partial charge in [-0.2, -0.15) is 0 Å². The first kappa shape index (κ1) is 20.2. The second-order valence-electron chi connectivity index (χ2n) is 8.77. The lowest BCUT2D eigenvalue weighted by atomic mass is 10.0. The van der Waals surface area contributed by atoms with Crippen molar-refractivity contribution in [3.05, 3.63) is 118 Å². The lowest BCUT2D eigenvalue weighted by Gasteiger charge is -2.03. The zero-order valence-electron chi connectivity index (χ0n) is 18.1. The van der Waals surface area contributed by atoms with Gasteiger partial charge in [-0.25, -0.2) is 0 Å². The van der Waals surface area contributed by atoms with Crippen LogP contribution in [0.2, 0.25) is 0 Å². The van der Waals surface area contributed by atoms with Crippen LogP contribution in [0.15, 0.2) is 118 Å². The van der Waals surface area contributed by atoms with E-state index in [1.165, 1.54) is 66.1 Å². The predicted molar refractivity (Wildman–Crippen MR) is 152 cm³/mol. The third-order valence-electron chi connectivity index (χ3n) is 6.96. The quantitative estimate of drug-likeness (QED) is 0.173. The van der Waals surface area contributed by atoms with Crippen LogP contribution in [0.1, 0.15) is 0 Å². The Bertz CT molecular complexity index is 1720. The summed E-state index contributed by atoms with van der Waals surface area (Å²) in [6.45, 7) is 0. The predicted octanol–water partition coefficient (Wildman–Crippen LogP) is 10.5. The maximum absolute atomic E-state index is 3.64. The Hall–Kier alpha value is -3.20. The first-order chi connectivity index (χ1) is 16.7. The molecule has 0 aliphatic heterocycles. The third-order valence-corrected chi connectivity index (χ3v) is 8.15. The summed E-state index contributed by atoms with van der Waals surface area (Å²) in [6.07, 6.45) is 0. The molecule has 6 aromatic carbocycles. The van der Waals surface area contributed by atoms with E-state index in [1.54, 1.807) is 0 Å². The SMILES string of the molecule is Brc1ccc2c(c1)-c1cccc3c(Br)ccc-2c13.c1ccc2c(c1)-c1cccc3cccc-2c13. The maximum Gasteiger partial charge on any atom is 0.0254 e. The molecule has 0 fully saturated rings. The molecule has 6 aromatic rings. The molecule has 0 heterocycles. The molecule has 2 heteroatoms. The van der Waals surface area contributed by atoms with Gasteiger partial charge in [-0.3, -0.25) is 0 Å². The van der Waals surface area contributed by atoms with Gasteiger partial charge >= 0.3 is 0 Å². The molecule has 0 spiro atoms. The van der Waals surface area contributed by atoms with Crippen LogP contribution in [0.25, 0.3) is 66.1 Å². The molecule has 0 amide bonds. The van der Waals surface area contributed by atoms with Crippen molar-refractivity contribution in [2.75, 3.05) is 0 Å². The molecule has 34 heavy (non-hydrogen) atoms. The Kier molecular flexibility index (Phi) is 4.55. The summed E-state index contributed by atoms with van der Waals surface area (Å²) in [5.41, 5.74) is 10.8. The van der Waals surface area contributed by atoms with Gasteiger partial charge in [0.25, 0.3) is 0 Å². The van der Waals surface area contributed by atoms with E-state index in [9.17, 15) is 0 Å². The molecule has 0 N–H and O–H groups in total. The Morgan fingerprint density at radius 3 is 1.62 bits per heavy atom. The average Bonchev–Trinajstić information content (AvgIpc) is 3.37. The first-order valence-corrected chi connectivity index (χ1v) is 12.9. The number of benzene rings is 6. The van der Waals surface area contributed by atoms with E-state index in [0.717, 1.165) is 8.95 Å². The molecule has 0 saturated heterocycles. The minimum atomic E-state index is 1.13. The van der Waals surface area contributed by atoms with Crippen LogP contribution in [-0.2, 0) is 0 Å². The van der Waals surface area contributed by atoms with Crippen LogP contribution in [0.3, 0.4) is 0 Å². The maximum atomic E-state index is 3.64.